The Hall–Kier alpha value is 0.0700. The number of hydrogen-bond donors (Lipinski definition) is 1. The number of nitrogens with one attached hydrogen (secondary N) is 1. The van der Waals surface area contributed by atoms with Gasteiger partial charge >= 0.3 is 0 Å². The van der Waals surface area contributed by atoms with Crippen LogP contribution in [0.1, 0.15) is 19.8 Å². The monoisotopic (exact) mass is 205 g/mol. The van der Waals surface area contributed by atoms with E-state index in [9.17, 15) is 4.21 Å². The molecule has 1 heterocycles. The molecule has 0 amide bonds. The number of ether oxygens (including phenoxy) is 1. The fourth-order valence-electron chi connectivity index (χ4n) is 1.56. The van der Waals surface area contributed by atoms with Crippen LogP contribution >= 0.6 is 0 Å². The van der Waals surface area contributed by atoms with Crippen molar-refractivity contribution in [3.8, 4) is 0 Å². The van der Waals surface area contributed by atoms with E-state index in [0.29, 0.717) is 12.1 Å². The Bertz CT molecular complexity index is 175. The van der Waals surface area contributed by atoms with Gasteiger partial charge in [0, 0.05) is 35.5 Å². The Kier molecular flexibility index (Phi) is 4.91. The van der Waals surface area contributed by atoms with Gasteiger partial charge in [-0.05, 0) is 26.3 Å². The molecule has 1 aliphatic heterocycles. The van der Waals surface area contributed by atoms with Crippen LogP contribution in [0.5, 0.6) is 0 Å². The average molecular weight is 205 g/mol. The van der Waals surface area contributed by atoms with Gasteiger partial charge in [-0.15, -0.1) is 0 Å². The maximum Gasteiger partial charge on any atom is 0.0700 e. The van der Waals surface area contributed by atoms with Crippen LogP contribution < -0.4 is 5.32 Å². The molecule has 4 heteroatoms. The molecular formula is C9H19NO2S. The minimum Gasteiger partial charge on any atom is -0.377 e. The molecule has 1 aliphatic rings. The van der Waals surface area contributed by atoms with Gasteiger partial charge in [-0.2, -0.15) is 0 Å². The van der Waals surface area contributed by atoms with Gasteiger partial charge in [-0.25, -0.2) is 0 Å². The molecule has 0 aromatic carbocycles. The second kappa shape index (κ2) is 5.73. The van der Waals surface area contributed by atoms with Gasteiger partial charge in [-0.1, -0.05) is 0 Å². The molecule has 1 fully saturated rings. The maximum atomic E-state index is 10.8. The molecule has 1 rings (SSSR count). The van der Waals surface area contributed by atoms with Crippen molar-refractivity contribution in [3.63, 3.8) is 0 Å². The molecule has 1 N–H and O–H groups in total. The zero-order valence-corrected chi connectivity index (χ0v) is 9.23. The topological polar surface area (TPSA) is 38.3 Å². The Morgan fingerprint density at radius 2 is 2.38 bits per heavy atom. The minimum atomic E-state index is -0.649. The summed E-state index contributed by atoms with van der Waals surface area (Å²) >= 11 is 0. The molecule has 3 atom stereocenters. The first kappa shape index (κ1) is 11.1. The molecule has 13 heavy (non-hydrogen) atoms. The lowest BCUT2D eigenvalue weighted by molar-refractivity contribution is 0.113. The summed E-state index contributed by atoms with van der Waals surface area (Å²) in [5, 5.41) is 3.43. The highest BCUT2D eigenvalue weighted by Gasteiger charge is 2.22. The standard InChI is InChI=1S/C9H19NO2S/c1-8-9(4-6-12-8)10-5-3-7-13(2)11/h8-10H,3-7H2,1-2H3. The van der Waals surface area contributed by atoms with Crippen molar-refractivity contribution in [3.05, 3.63) is 0 Å². The van der Waals surface area contributed by atoms with E-state index < -0.39 is 10.8 Å². The summed E-state index contributed by atoms with van der Waals surface area (Å²) in [5.74, 6) is 0.801. The molecule has 0 aliphatic carbocycles. The van der Waals surface area contributed by atoms with Gasteiger partial charge in [0.15, 0.2) is 0 Å². The Balaban J connectivity index is 2.02. The van der Waals surface area contributed by atoms with Crippen LogP contribution in [0, 0.1) is 0 Å². The third-order valence-corrected chi connectivity index (χ3v) is 3.25. The van der Waals surface area contributed by atoms with Gasteiger partial charge in [-0.3, -0.25) is 4.21 Å². The van der Waals surface area contributed by atoms with Crippen LogP contribution in [0.15, 0.2) is 0 Å². The number of hydrogen-bond acceptors (Lipinski definition) is 3. The Morgan fingerprint density at radius 1 is 1.62 bits per heavy atom. The molecule has 0 spiro atoms. The van der Waals surface area contributed by atoms with Gasteiger partial charge in [0.05, 0.1) is 6.10 Å². The lowest BCUT2D eigenvalue weighted by atomic mass is 10.1. The predicted molar refractivity (Wildman–Crippen MR) is 55.4 cm³/mol. The lowest BCUT2D eigenvalue weighted by Crippen LogP contribution is -2.35. The highest BCUT2D eigenvalue weighted by molar-refractivity contribution is 7.84. The van der Waals surface area contributed by atoms with Crippen molar-refractivity contribution in [1.82, 2.24) is 5.32 Å². The van der Waals surface area contributed by atoms with E-state index in [0.717, 1.165) is 31.7 Å². The highest BCUT2D eigenvalue weighted by atomic mass is 32.2. The summed E-state index contributed by atoms with van der Waals surface area (Å²) < 4.78 is 16.2. The van der Waals surface area contributed by atoms with Crippen molar-refractivity contribution in [2.45, 2.75) is 31.9 Å². The van der Waals surface area contributed by atoms with E-state index in [2.05, 4.69) is 12.2 Å². The first-order valence-corrected chi connectivity index (χ1v) is 6.58. The zero-order valence-electron chi connectivity index (χ0n) is 8.41. The fourth-order valence-corrected chi connectivity index (χ4v) is 2.11. The second-order valence-electron chi connectivity index (χ2n) is 3.56. The molecule has 3 unspecified atom stereocenters. The maximum absolute atomic E-state index is 10.8. The first-order valence-electron chi connectivity index (χ1n) is 4.85. The van der Waals surface area contributed by atoms with Gasteiger partial charge in [0.1, 0.15) is 0 Å². The van der Waals surface area contributed by atoms with Crippen LogP contribution in [0.25, 0.3) is 0 Å². The van der Waals surface area contributed by atoms with Crippen molar-refractivity contribution < 1.29 is 8.95 Å². The Labute approximate surface area is 82.7 Å². The second-order valence-corrected chi connectivity index (χ2v) is 5.11. The molecule has 0 bridgehead atoms. The van der Waals surface area contributed by atoms with E-state index in [1.54, 1.807) is 6.26 Å². The first-order chi connectivity index (χ1) is 6.20. The van der Waals surface area contributed by atoms with E-state index >= 15 is 0 Å². The minimum absolute atomic E-state index is 0.340. The van der Waals surface area contributed by atoms with E-state index in [4.69, 9.17) is 4.74 Å². The van der Waals surface area contributed by atoms with Crippen molar-refractivity contribution in [1.29, 1.82) is 0 Å². The molecule has 0 saturated carbocycles. The molecule has 1 saturated heterocycles. The van der Waals surface area contributed by atoms with Crippen LogP contribution in [0.3, 0.4) is 0 Å². The molecule has 0 aromatic heterocycles. The number of rotatable bonds is 5. The van der Waals surface area contributed by atoms with Crippen molar-refractivity contribution in [2.75, 3.05) is 25.2 Å². The highest BCUT2D eigenvalue weighted by Crippen LogP contribution is 2.12. The fraction of sp³-hybridized carbons (Fsp3) is 1.00. The van der Waals surface area contributed by atoms with Crippen LogP contribution in [0.4, 0.5) is 0 Å². The zero-order chi connectivity index (χ0) is 9.68. The van der Waals surface area contributed by atoms with E-state index in [1.165, 1.54) is 0 Å². The normalized spacial score (nSPS) is 30.6. The van der Waals surface area contributed by atoms with E-state index in [-0.39, 0.29) is 0 Å². The van der Waals surface area contributed by atoms with Gasteiger partial charge < -0.3 is 10.1 Å². The Morgan fingerprint density at radius 3 is 2.92 bits per heavy atom. The summed E-state index contributed by atoms with van der Waals surface area (Å²) in [7, 11) is -0.649. The lowest BCUT2D eigenvalue weighted by Gasteiger charge is -2.15. The summed E-state index contributed by atoms with van der Waals surface area (Å²) in [5.41, 5.74) is 0. The predicted octanol–water partition coefficient (Wildman–Crippen LogP) is 0.522. The van der Waals surface area contributed by atoms with Gasteiger partial charge in [0.2, 0.25) is 0 Å². The quantitative estimate of drug-likeness (QED) is 0.665. The molecule has 3 nitrogen and oxygen atoms in total. The molecular weight excluding hydrogens is 186 g/mol. The third kappa shape index (κ3) is 4.20. The SMILES string of the molecule is CC1OCCC1NCCCS(C)=O. The van der Waals surface area contributed by atoms with Crippen LogP contribution in [-0.2, 0) is 15.5 Å². The van der Waals surface area contributed by atoms with Crippen LogP contribution in [-0.4, -0.2) is 41.5 Å². The summed E-state index contributed by atoms with van der Waals surface area (Å²) in [6.07, 6.45) is 4.19. The molecule has 78 valence electrons. The smallest absolute Gasteiger partial charge is 0.0700 e. The van der Waals surface area contributed by atoms with Crippen LogP contribution in [0.2, 0.25) is 0 Å². The van der Waals surface area contributed by atoms with Crippen molar-refractivity contribution >= 4 is 10.8 Å². The molecule has 0 aromatic rings. The molecule has 0 radical (unpaired) electrons. The van der Waals surface area contributed by atoms with Gasteiger partial charge in [0.25, 0.3) is 0 Å². The third-order valence-electron chi connectivity index (χ3n) is 2.39. The summed E-state index contributed by atoms with van der Waals surface area (Å²) in [4.78, 5) is 0. The largest absolute Gasteiger partial charge is 0.377 e. The summed E-state index contributed by atoms with van der Waals surface area (Å²) in [6, 6.07) is 0.505. The summed E-state index contributed by atoms with van der Waals surface area (Å²) in [6.45, 7) is 3.93. The average Bonchev–Trinajstić information content (AvgIpc) is 2.45. The van der Waals surface area contributed by atoms with Crippen molar-refractivity contribution in [2.24, 2.45) is 0 Å². The van der Waals surface area contributed by atoms with E-state index in [1.807, 2.05) is 0 Å².